The fraction of sp³-hybridized carbons (Fsp3) is 0. The van der Waals surface area contributed by atoms with Crippen molar-refractivity contribution in [3.63, 3.8) is 0 Å². The molecule has 12 rings (SSSR count). The maximum absolute atomic E-state index is 6.51. The number of hydrogen-bond donors (Lipinski definition) is 0. The molecule has 0 unspecified atom stereocenters. The first-order valence-corrected chi connectivity index (χ1v) is 20.3. The molecular formula is C53H32N2O2S. The van der Waals surface area contributed by atoms with Gasteiger partial charge in [0.2, 0.25) is 5.89 Å². The third-order valence-corrected chi connectivity index (χ3v) is 12.5. The first kappa shape index (κ1) is 32.7. The van der Waals surface area contributed by atoms with Gasteiger partial charge in [0.15, 0.2) is 5.58 Å². The van der Waals surface area contributed by atoms with Gasteiger partial charge in [-0.1, -0.05) is 115 Å². The topological polar surface area (TPSA) is 42.4 Å². The van der Waals surface area contributed by atoms with Crippen LogP contribution in [-0.2, 0) is 0 Å². The van der Waals surface area contributed by atoms with E-state index in [1.54, 1.807) is 0 Å². The molecule has 58 heavy (non-hydrogen) atoms. The van der Waals surface area contributed by atoms with Crippen molar-refractivity contribution in [2.45, 2.75) is 0 Å². The van der Waals surface area contributed by atoms with Gasteiger partial charge in [-0.15, -0.1) is 11.3 Å². The maximum Gasteiger partial charge on any atom is 0.227 e. The number of hydrogen-bond acceptors (Lipinski definition) is 5. The van der Waals surface area contributed by atoms with Crippen molar-refractivity contribution in [3.8, 4) is 33.7 Å². The molecule has 4 nitrogen and oxygen atoms in total. The second-order valence-electron chi connectivity index (χ2n) is 14.7. The molecule has 0 amide bonds. The van der Waals surface area contributed by atoms with Crippen LogP contribution < -0.4 is 4.90 Å². The van der Waals surface area contributed by atoms with Crippen molar-refractivity contribution in [2.75, 3.05) is 4.90 Å². The van der Waals surface area contributed by atoms with Gasteiger partial charge in [0.25, 0.3) is 0 Å². The average molecular weight is 761 g/mol. The zero-order valence-electron chi connectivity index (χ0n) is 31.1. The van der Waals surface area contributed by atoms with E-state index in [2.05, 4.69) is 150 Å². The molecule has 0 radical (unpaired) electrons. The maximum atomic E-state index is 6.51. The predicted molar refractivity (Wildman–Crippen MR) is 243 cm³/mol. The molecule has 0 aliphatic heterocycles. The molecule has 272 valence electrons. The minimum absolute atomic E-state index is 0.592. The molecule has 0 fully saturated rings. The Bertz CT molecular complexity index is 3520. The second kappa shape index (κ2) is 13.1. The van der Waals surface area contributed by atoms with Crippen molar-refractivity contribution in [2.24, 2.45) is 0 Å². The van der Waals surface area contributed by atoms with E-state index >= 15 is 0 Å². The summed E-state index contributed by atoms with van der Waals surface area (Å²) in [6.45, 7) is 0. The molecule has 0 spiro atoms. The van der Waals surface area contributed by atoms with E-state index in [1.807, 2.05) is 59.9 Å². The monoisotopic (exact) mass is 760 g/mol. The summed E-state index contributed by atoms with van der Waals surface area (Å²) in [6, 6.07) is 68.8. The van der Waals surface area contributed by atoms with Crippen LogP contribution in [0.5, 0.6) is 0 Å². The molecular weight excluding hydrogens is 729 g/mol. The van der Waals surface area contributed by atoms with Crippen molar-refractivity contribution in [1.29, 1.82) is 0 Å². The first-order chi connectivity index (χ1) is 28.7. The van der Waals surface area contributed by atoms with Gasteiger partial charge in [0.05, 0.1) is 5.39 Å². The van der Waals surface area contributed by atoms with Crippen LogP contribution in [0.3, 0.4) is 0 Å². The van der Waals surface area contributed by atoms with Gasteiger partial charge in [-0.2, -0.15) is 0 Å². The molecule has 0 saturated carbocycles. The number of nitrogens with zero attached hydrogens (tertiary/aromatic N) is 2. The van der Waals surface area contributed by atoms with Crippen LogP contribution in [-0.4, -0.2) is 4.98 Å². The van der Waals surface area contributed by atoms with Crippen LogP contribution in [0.15, 0.2) is 203 Å². The summed E-state index contributed by atoms with van der Waals surface area (Å²) in [6.07, 6.45) is 0. The van der Waals surface area contributed by atoms with Crippen LogP contribution in [0.1, 0.15) is 0 Å². The van der Waals surface area contributed by atoms with Gasteiger partial charge >= 0.3 is 0 Å². The summed E-state index contributed by atoms with van der Waals surface area (Å²) >= 11 is 1.84. The Balaban J connectivity index is 1.03. The summed E-state index contributed by atoms with van der Waals surface area (Å²) in [4.78, 5) is 7.42. The molecule has 3 heterocycles. The summed E-state index contributed by atoms with van der Waals surface area (Å²) in [7, 11) is 0. The number of aromatic nitrogens is 1. The minimum atomic E-state index is 0.592. The highest BCUT2D eigenvalue weighted by molar-refractivity contribution is 7.25. The van der Waals surface area contributed by atoms with Crippen molar-refractivity contribution in [1.82, 2.24) is 4.98 Å². The summed E-state index contributed by atoms with van der Waals surface area (Å²) < 4.78 is 15.4. The lowest BCUT2D eigenvalue weighted by atomic mass is 9.97. The lowest BCUT2D eigenvalue weighted by molar-refractivity contribution is 0.619. The highest BCUT2D eigenvalue weighted by Crippen LogP contribution is 2.45. The lowest BCUT2D eigenvalue weighted by Gasteiger charge is -2.26. The number of benzene rings is 9. The third kappa shape index (κ3) is 5.25. The molecule has 0 N–H and O–H groups in total. The zero-order valence-corrected chi connectivity index (χ0v) is 31.9. The predicted octanol–water partition coefficient (Wildman–Crippen LogP) is 15.7. The molecule has 0 aliphatic carbocycles. The first-order valence-electron chi connectivity index (χ1n) is 19.4. The summed E-state index contributed by atoms with van der Waals surface area (Å²) in [5, 5.41) is 6.99. The molecule has 0 saturated heterocycles. The van der Waals surface area contributed by atoms with Crippen molar-refractivity contribution in [3.05, 3.63) is 194 Å². The van der Waals surface area contributed by atoms with Gasteiger partial charge in [0.1, 0.15) is 16.7 Å². The fourth-order valence-electron chi connectivity index (χ4n) is 8.62. The number of furan rings is 1. The fourth-order valence-corrected chi connectivity index (χ4v) is 9.71. The molecule has 0 aliphatic rings. The Labute approximate surface area is 337 Å². The minimum Gasteiger partial charge on any atom is -0.456 e. The van der Waals surface area contributed by atoms with E-state index in [1.165, 1.54) is 42.1 Å². The Morgan fingerprint density at radius 3 is 1.98 bits per heavy atom. The van der Waals surface area contributed by atoms with Crippen LogP contribution in [0.4, 0.5) is 17.1 Å². The zero-order chi connectivity index (χ0) is 38.2. The van der Waals surface area contributed by atoms with Crippen LogP contribution in [0, 0.1) is 0 Å². The third-order valence-electron chi connectivity index (χ3n) is 11.3. The SMILES string of the molecule is c1ccc(-c2nc3c(ccc4oc5cccc(-c6cccc(N(c7ccc(-c8cccc9ccccc89)cc7)c7ccc8sc9ccccc9c8c7)c6)c5c43)o2)cc1. The molecule has 12 aromatic rings. The van der Waals surface area contributed by atoms with E-state index in [0.717, 1.165) is 66.8 Å². The lowest BCUT2D eigenvalue weighted by Crippen LogP contribution is -2.10. The number of anilines is 3. The number of oxazole rings is 1. The summed E-state index contributed by atoms with van der Waals surface area (Å²) in [5.74, 6) is 0.592. The average Bonchev–Trinajstić information content (AvgIpc) is 4.00. The Hall–Kier alpha value is -7.47. The van der Waals surface area contributed by atoms with E-state index in [-0.39, 0.29) is 0 Å². The quantitative estimate of drug-likeness (QED) is 0.169. The molecule has 9 aromatic carbocycles. The largest absolute Gasteiger partial charge is 0.456 e. The van der Waals surface area contributed by atoms with Gasteiger partial charge in [0, 0.05) is 48.2 Å². The smallest absolute Gasteiger partial charge is 0.227 e. The van der Waals surface area contributed by atoms with Crippen LogP contribution in [0.2, 0.25) is 0 Å². The molecule has 3 aromatic heterocycles. The van der Waals surface area contributed by atoms with Gasteiger partial charge in [-0.3, -0.25) is 0 Å². The molecule has 0 bridgehead atoms. The number of fused-ring (bicyclic) bond motifs is 9. The number of thiophene rings is 1. The highest BCUT2D eigenvalue weighted by Gasteiger charge is 2.21. The van der Waals surface area contributed by atoms with Crippen molar-refractivity contribution < 1.29 is 8.83 Å². The van der Waals surface area contributed by atoms with Crippen molar-refractivity contribution >= 4 is 92.4 Å². The standard InChI is InChI=1S/C53H32N2O2S/c1-2-12-35(13-3-1)53-54-52-47(57-53)29-28-46-51(52)50-42(20-10-21-45(50)56-46)36-15-8-16-38(31-36)55(39-27-30-49-44(32-39)43-18-6-7-22-48(43)58-49)37-25-23-34(24-26-37)41-19-9-14-33-11-4-5-17-40(33)41/h1-32H. The normalized spacial score (nSPS) is 11.8. The second-order valence-corrected chi connectivity index (χ2v) is 15.8. The summed E-state index contributed by atoms with van der Waals surface area (Å²) in [5.41, 5.74) is 11.8. The number of rotatable bonds is 6. The van der Waals surface area contributed by atoms with E-state index < -0.39 is 0 Å². The molecule has 0 atom stereocenters. The van der Waals surface area contributed by atoms with E-state index in [9.17, 15) is 0 Å². The Kier molecular flexibility index (Phi) is 7.37. The van der Waals surface area contributed by atoms with Gasteiger partial charge < -0.3 is 13.7 Å². The molecule has 5 heteroatoms. The van der Waals surface area contributed by atoms with Crippen LogP contribution >= 0.6 is 11.3 Å². The van der Waals surface area contributed by atoms with E-state index in [4.69, 9.17) is 13.8 Å². The van der Waals surface area contributed by atoms with Gasteiger partial charge in [-0.05, 0) is 112 Å². The highest BCUT2D eigenvalue weighted by atomic mass is 32.1. The van der Waals surface area contributed by atoms with E-state index in [0.29, 0.717) is 5.89 Å². The Morgan fingerprint density at radius 2 is 1.07 bits per heavy atom. The van der Waals surface area contributed by atoms with Gasteiger partial charge in [-0.25, -0.2) is 4.98 Å². The Morgan fingerprint density at radius 1 is 0.397 bits per heavy atom. The van der Waals surface area contributed by atoms with Crippen LogP contribution in [0.25, 0.3) is 97.7 Å².